The molecule has 1 aliphatic heterocycles. The summed E-state index contributed by atoms with van der Waals surface area (Å²) in [6.45, 7) is 2.68. The molecule has 1 aromatic carbocycles. The normalized spacial score (nSPS) is 24.8. The predicted molar refractivity (Wildman–Crippen MR) is 88.7 cm³/mol. The van der Waals surface area contributed by atoms with Crippen molar-refractivity contribution in [2.24, 2.45) is 11.3 Å². The van der Waals surface area contributed by atoms with Crippen LogP contribution in [0.3, 0.4) is 0 Å². The van der Waals surface area contributed by atoms with Gasteiger partial charge in [0.2, 0.25) is 0 Å². The largest absolute Gasteiger partial charge is 0.481 e. The molecule has 3 rings (SSSR count). The van der Waals surface area contributed by atoms with Crippen molar-refractivity contribution in [1.82, 2.24) is 0 Å². The van der Waals surface area contributed by atoms with E-state index in [9.17, 15) is 24.8 Å². The molecule has 0 amide bonds. The van der Waals surface area contributed by atoms with Gasteiger partial charge in [0.05, 0.1) is 16.9 Å². The van der Waals surface area contributed by atoms with E-state index in [1.54, 1.807) is 13.0 Å². The molecule has 1 saturated heterocycles. The molecule has 134 valence electrons. The van der Waals surface area contributed by atoms with Gasteiger partial charge >= 0.3 is 11.9 Å². The fraction of sp³-hybridized carbons (Fsp3) is 0.529. The van der Waals surface area contributed by atoms with Gasteiger partial charge in [-0.2, -0.15) is 0 Å². The van der Waals surface area contributed by atoms with Crippen molar-refractivity contribution in [3.63, 3.8) is 0 Å². The zero-order chi connectivity index (χ0) is 18.2. The molecule has 0 radical (unpaired) electrons. The highest BCUT2D eigenvalue weighted by Gasteiger charge is 2.55. The molecule has 8 nitrogen and oxygen atoms in total. The van der Waals surface area contributed by atoms with Gasteiger partial charge in [-0.3, -0.25) is 14.9 Å². The maximum absolute atomic E-state index is 12.1. The minimum absolute atomic E-state index is 0.0613. The van der Waals surface area contributed by atoms with Crippen molar-refractivity contribution in [2.45, 2.75) is 26.2 Å². The average molecular weight is 348 g/mol. The van der Waals surface area contributed by atoms with Crippen molar-refractivity contribution < 1.29 is 24.4 Å². The third-order valence-electron chi connectivity index (χ3n) is 5.33. The van der Waals surface area contributed by atoms with E-state index >= 15 is 0 Å². The van der Waals surface area contributed by atoms with Gasteiger partial charge in [-0.1, -0.05) is 6.42 Å². The Balaban J connectivity index is 1.94. The number of carbonyl (C=O) groups excluding carboxylic acids is 1. The van der Waals surface area contributed by atoms with Crippen LogP contribution in [-0.2, 0) is 9.53 Å². The quantitative estimate of drug-likeness (QED) is 0.494. The van der Waals surface area contributed by atoms with E-state index in [1.807, 2.05) is 4.90 Å². The summed E-state index contributed by atoms with van der Waals surface area (Å²) in [5.74, 6) is -1.47. The van der Waals surface area contributed by atoms with E-state index < -0.39 is 22.3 Å². The molecule has 2 fully saturated rings. The van der Waals surface area contributed by atoms with Crippen molar-refractivity contribution in [3.05, 3.63) is 33.9 Å². The van der Waals surface area contributed by atoms with Gasteiger partial charge in [0.25, 0.3) is 5.69 Å². The molecule has 1 heterocycles. The molecule has 1 aliphatic carbocycles. The Kier molecular flexibility index (Phi) is 4.36. The molecule has 0 aromatic heterocycles. The van der Waals surface area contributed by atoms with Crippen molar-refractivity contribution in [2.75, 3.05) is 24.6 Å². The van der Waals surface area contributed by atoms with Crippen LogP contribution in [0.5, 0.6) is 0 Å². The van der Waals surface area contributed by atoms with Gasteiger partial charge in [0, 0.05) is 24.8 Å². The number of carboxylic acids is 1. The van der Waals surface area contributed by atoms with Crippen LogP contribution in [0.4, 0.5) is 11.4 Å². The number of ether oxygens (including phenoxy) is 1. The van der Waals surface area contributed by atoms with Crippen LogP contribution in [0.1, 0.15) is 36.5 Å². The van der Waals surface area contributed by atoms with Crippen LogP contribution in [0, 0.1) is 21.4 Å². The summed E-state index contributed by atoms with van der Waals surface area (Å²) in [4.78, 5) is 36.3. The zero-order valence-corrected chi connectivity index (χ0v) is 13.9. The Labute approximate surface area is 144 Å². The number of hydrogen-bond donors (Lipinski definition) is 1. The number of carbonyl (C=O) groups is 2. The van der Waals surface area contributed by atoms with Gasteiger partial charge in [0.15, 0.2) is 0 Å². The number of fused-ring (bicyclic) bond motifs is 1. The van der Waals surface area contributed by atoms with Gasteiger partial charge in [-0.15, -0.1) is 0 Å². The summed E-state index contributed by atoms with van der Waals surface area (Å²) in [6.07, 6.45) is 2.40. The highest BCUT2D eigenvalue weighted by Crippen LogP contribution is 2.50. The highest BCUT2D eigenvalue weighted by molar-refractivity contribution is 5.95. The van der Waals surface area contributed by atoms with E-state index in [-0.39, 0.29) is 23.8 Å². The van der Waals surface area contributed by atoms with Crippen molar-refractivity contribution >= 4 is 23.3 Å². The minimum atomic E-state index is -0.787. The second-order valence-electron chi connectivity index (χ2n) is 6.61. The monoisotopic (exact) mass is 348 g/mol. The van der Waals surface area contributed by atoms with Crippen LogP contribution < -0.4 is 4.90 Å². The Morgan fingerprint density at radius 3 is 2.84 bits per heavy atom. The first-order valence-corrected chi connectivity index (χ1v) is 8.33. The molecule has 25 heavy (non-hydrogen) atoms. The molecule has 0 bridgehead atoms. The van der Waals surface area contributed by atoms with Crippen LogP contribution in [0.25, 0.3) is 0 Å². The molecular weight excluding hydrogens is 328 g/mol. The van der Waals surface area contributed by atoms with E-state index in [0.717, 1.165) is 12.8 Å². The smallest absolute Gasteiger partial charge is 0.345 e. The Morgan fingerprint density at radius 2 is 2.24 bits per heavy atom. The summed E-state index contributed by atoms with van der Waals surface area (Å²) >= 11 is 0. The number of nitro groups is 1. The van der Waals surface area contributed by atoms with Crippen LogP contribution in [0.2, 0.25) is 0 Å². The molecule has 1 saturated carbocycles. The van der Waals surface area contributed by atoms with Crippen LogP contribution in [0.15, 0.2) is 18.2 Å². The summed E-state index contributed by atoms with van der Waals surface area (Å²) < 4.78 is 4.91. The second kappa shape index (κ2) is 6.34. The Bertz CT molecular complexity index is 734. The van der Waals surface area contributed by atoms with Gasteiger partial charge in [-0.05, 0) is 37.8 Å². The molecule has 2 atom stereocenters. The lowest BCUT2D eigenvalue weighted by molar-refractivity contribution is -0.385. The summed E-state index contributed by atoms with van der Waals surface area (Å²) in [5, 5.41) is 20.8. The molecule has 0 unspecified atom stereocenters. The number of benzene rings is 1. The fourth-order valence-electron chi connectivity index (χ4n) is 4.09. The third kappa shape index (κ3) is 2.81. The van der Waals surface area contributed by atoms with Crippen molar-refractivity contribution in [3.8, 4) is 0 Å². The number of rotatable bonds is 5. The first kappa shape index (κ1) is 17.2. The van der Waals surface area contributed by atoms with E-state index in [2.05, 4.69) is 0 Å². The van der Waals surface area contributed by atoms with E-state index in [4.69, 9.17) is 4.74 Å². The fourth-order valence-corrected chi connectivity index (χ4v) is 4.09. The summed E-state index contributed by atoms with van der Waals surface area (Å²) in [6, 6.07) is 4.29. The maximum Gasteiger partial charge on any atom is 0.345 e. The number of nitrogens with zero attached hydrogens (tertiary/aromatic N) is 2. The summed E-state index contributed by atoms with van der Waals surface area (Å²) in [5.41, 5.74) is -0.560. The average Bonchev–Trinajstić information content (AvgIpc) is 3.12. The van der Waals surface area contributed by atoms with E-state index in [0.29, 0.717) is 25.2 Å². The number of esters is 1. The summed E-state index contributed by atoms with van der Waals surface area (Å²) in [7, 11) is 0. The molecular formula is C17H20N2O6. The maximum atomic E-state index is 12.1. The van der Waals surface area contributed by atoms with Gasteiger partial charge in [-0.25, -0.2) is 4.79 Å². The number of aliphatic carboxylic acids is 1. The minimum Gasteiger partial charge on any atom is -0.481 e. The van der Waals surface area contributed by atoms with Crippen LogP contribution in [-0.4, -0.2) is 41.7 Å². The second-order valence-corrected chi connectivity index (χ2v) is 6.61. The molecule has 1 aromatic rings. The highest BCUT2D eigenvalue weighted by atomic mass is 16.6. The molecule has 1 N–H and O–H groups in total. The van der Waals surface area contributed by atoms with Crippen LogP contribution >= 0.6 is 0 Å². The Morgan fingerprint density at radius 1 is 1.48 bits per heavy atom. The number of anilines is 1. The molecule has 8 heteroatoms. The number of carboxylic acid groups (broad SMARTS) is 1. The van der Waals surface area contributed by atoms with Gasteiger partial charge < -0.3 is 14.7 Å². The van der Waals surface area contributed by atoms with Gasteiger partial charge in [0.1, 0.15) is 5.56 Å². The zero-order valence-electron chi connectivity index (χ0n) is 13.9. The first-order chi connectivity index (χ1) is 11.9. The lowest BCUT2D eigenvalue weighted by atomic mass is 9.81. The lowest BCUT2D eigenvalue weighted by Crippen LogP contribution is -2.35. The SMILES string of the molecule is CCOC(=O)c1cc(N2C[C@@H]3CCC[C@@]3(C(=O)O)C2)ccc1[N+](=O)[O-]. The predicted octanol–water partition coefficient (Wildman–Crippen LogP) is 2.46. The van der Waals surface area contributed by atoms with E-state index in [1.165, 1.54) is 12.1 Å². The first-order valence-electron chi connectivity index (χ1n) is 8.33. The Hall–Kier alpha value is -2.64. The number of hydrogen-bond acceptors (Lipinski definition) is 6. The number of nitro benzene ring substituents is 1. The third-order valence-corrected chi connectivity index (χ3v) is 5.33. The molecule has 2 aliphatic rings. The topological polar surface area (TPSA) is 110 Å². The van der Waals surface area contributed by atoms with Crippen molar-refractivity contribution in [1.29, 1.82) is 0 Å². The lowest BCUT2D eigenvalue weighted by Gasteiger charge is -2.24. The molecule has 0 spiro atoms. The standard InChI is InChI=1S/C17H20N2O6/c1-2-25-15(20)13-8-12(5-6-14(13)19(23)24)18-9-11-4-3-7-17(11,10-18)16(21)22/h5-6,8,11H,2-4,7,9-10H2,1H3,(H,21,22)/t11-,17+/m0/s1.